The number of nitrogens with zero attached hydrogens (tertiary/aromatic N) is 2. The fourth-order valence-corrected chi connectivity index (χ4v) is 5.66. The Morgan fingerprint density at radius 3 is 2.32 bits per heavy atom. The van der Waals surface area contributed by atoms with Crippen LogP contribution in [0.15, 0.2) is 58.5 Å². The summed E-state index contributed by atoms with van der Waals surface area (Å²) in [4.78, 5) is 19.5. The molecule has 1 fully saturated rings. The van der Waals surface area contributed by atoms with Crippen LogP contribution in [0.1, 0.15) is 34.3 Å². The quantitative estimate of drug-likeness (QED) is 0.675. The van der Waals surface area contributed by atoms with Gasteiger partial charge in [0.25, 0.3) is 5.91 Å². The zero-order valence-corrected chi connectivity index (χ0v) is 16.8. The first-order valence-corrected chi connectivity index (χ1v) is 10.9. The number of hydrogen-bond donors (Lipinski definition) is 0. The summed E-state index contributed by atoms with van der Waals surface area (Å²) in [6, 6.07) is 12.3. The van der Waals surface area contributed by atoms with Gasteiger partial charge in [0.1, 0.15) is 0 Å². The molecule has 1 amide bonds. The van der Waals surface area contributed by atoms with Crippen molar-refractivity contribution in [1.29, 1.82) is 0 Å². The minimum absolute atomic E-state index is 0.0556. The molecule has 0 radical (unpaired) electrons. The Morgan fingerprint density at radius 1 is 1.00 bits per heavy atom. The summed E-state index contributed by atoms with van der Waals surface area (Å²) in [6.07, 6.45) is 3.29. The lowest BCUT2D eigenvalue weighted by Gasteiger charge is -2.19. The van der Waals surface area contributed by atoms with Gasteiger partial charge in [-0.25, -0.2) is 8.42 Å². The standard InChI is InChI=1S/C22H22N2O3S/c1-15-11-16(2)13-17(12-15)28(26,27)21-18-7-3-4-8-20(18)23-14-19(21)22(25)24-9-5-6-10-24/h3-4,7-8,11-14H,5-6,9-10H2,1-2H3. The van der Waals surface area contributed by atoms with Gasteiger partial charge >= 0.3 is 0 Å². The molecule has 0 spiro atoms. The molecule has 6 heteroatoms. The number of fused-ring (bicyclic) bond motifs is 1. The molecule has 2 aromatic carbocycles. The van der Waals surface area contributed by atoms with Crippen molar-refractivity contribution in [2.24, 2.45) is 0 Å². The van der Waals surface area contributed by atoms with Crippen LogP contribution in [0.3, 0.4) is 0 Å². The highest BCUT2D eigenvalue weighted by atomic mass is 32.2. The summed E-state index contributed by atoms with van der Waals surface area (Å²) in [6.45, 7) is 5.03. The monoisotopic (exact) mass is 394 g/mol. The highest BCUT2D eigenvalue weighted by Gasteiger charge is 2.31. The third-order valence-electron chi connectivity index (χ3n) is 5.12. The highest BCUT2D eigenvalue weighted by Crippen LogP contribution is 2.32. The lowest BCUT2D eigenvalue weighted by atomic mass is 10.1. The highest BCUT2D eigenvalue weighted by molar-refractivity contribution is 7.91. The van der Waals surface area contributed by atoms with Crippen molar-refractivity contribution in [1.82, 2.24) is 9.88 Å². The Hall–Kier alpha value is -2.73. The smallest absolute Gasteiger partial charge is 0.256 e. The van der Waals surface area contributed by atoms with E-state index in [4.69, 9.17) is 0 Å². The fourth-order valence-electron chi connectivity index (χ4n) is 3.85. The molecule has 1 aliphatic rings. The number of para-hydroxylation sites is 1. The second-order valence-corrected chi connectivity index (χ2v) is 9.23. The number of pyridine rings is 1. The van der Waals surface area contributed by atoms with Gasteiger partial charge in [0.2, 0.25) is 9.84 Å². The van der Waals surface area contributed by atoms with Crippen molar-refractivity contribution < 1.29 is 13.2 Å². The van der Waals surface area contributed by atoms with Crippen LogP contribution < -0.4 is 0 Å². The van der Waals surface area contributed by atoms with Crippen molar-refractivity contribution >= 4 is 26.6 Å². The van der Waals surface area contributed by atoms with Gasteiger partial charge in [0.05, 0.1) is 20.9 Å². The summed E-state index contributed by atoms with van der Waals surface area (Å²) in [7, 11) is -3.90. The molecule has 0 saturated carbocycles. The van der Waals surface area contributed by atoms with E-state index in [9.17, 15) is 13.2 Å². The topological polar surface area (TPSA) is 67.3 Å². The van der Waals surface area contributed by atoms with E-state index < -0.39 is 9.84 Å². The molecule has 1 aromatic heterocycles. The predicted octanol–water partition coefficient (Wildman–Crippen LogP) is 3.92. The zero-order chi connectivity index (χ0) is 19.9. The Labute approximate surface area is 164 Å². The van der Waals surface area contributed by atoms with E-state index in [0.29, 0.717) is 24.0 Å². The van der Waals surface area contributed by atoms with Gasteiger partial charge in [-0.05, 0) is 56.0 Å². The van der Waals surface area contributed by atoms with Crippen molar-refractivity contribution in [3.8, 4) is 0 Å². The minimum atomic E-state index is -3.90. The molecule has 0 bridgehead atoms. The number of carbonyl (C=O) groups excluding carboxylic acids is 1. The number of likely N-dealkylation sites (tertiary alicyclic amines) is 1. The normalized spacial score (nSPS) is 14.6. The molecule has 4 rings (SSSR count). The van der Waals surface area contributed by atoms with Gasteiger partial charge in [-0.1, -0.05) is 24.3 Å². The molecule has 3 aromatic rings. The fraction of sp³-hybridized carbons (Fsp3) is 0.273. The minimum Gasteiger partial charge on any atom is -0.339 e. The van der Waals surface area contributed by atoms with Crippen molar-refractivity contribution in [3.05, 3.63) is 65.4 Å². The van der Waals surface area contributed by atoms with Crippen molar-refractivity contribution in [2.75, 3.05) is 13.1 Å². The van der Waals surface area contributed by atoms with Gasteiger partial charge in [0.15, 0.2) is 0 Å². The predicted molar refractivity (Wildman–Crippen MR) is 108 cm³/mol. The maximum atomic E-state index is 13.7. The number of rotatable bonds is 3. The number of hydrogen-bond acceptors (Lipinski definition) is 4. The van der Waals surface area contributed by atoms with Crippen LogP contribution in [-0.4, -0.2) is 37.3 Å². The first-order chi connectivity index (χ1) is 13.4. The molecular formula is C22H22N2O3S. The van der Waals surface area contributed by atoms with Crippen molar-refractivity contribution in [2.45, 2.75) is 36.5 Å². The number of sulfone groups is 1. The SMILES string of the molecule is Cc1cc(C)cc(S(=O)(=O)c2c(C(=O)N3CCCC3)cnc3ccccc23)c1. The molecule has 1 aliphatic heterocycles. The third-order valence-corrected chi connectivity index (χ3v) is 6.96. The average Bonchev–Trinajstić information content (AvgIpc) is 3.20. The molecule has 0 N–H and O–H groups in total. The van der Waals surface area contributed by atoms with Crippen LogP contribution in [0.5, 0.6) is 0 Å². The van der Waals surface area contributed by atoms with Crippen LogP contribution in [0.4, 0.5) is 0 Å². The first-order valence-electron chi connectivity index (χ1n) is 9.38. The van der Waals surface area contributed by atoms with Crippen LogP contribution in [0.25, 0.3) is 10.9 Å². The molecule has 28 heavy (non-hydrogen) atoms. The molecular weight excluding hydrogens is 372 g/mol. The van der Waals surface area contributed by atoms with Gasteiger partial charge < -0.3 is 4.90 Å². The average molecular weight is 394 g/mol. The van der Waals surface area contributed by atoms with Crippen molar-refractivity contribution in [3.63, 3.8) is 0 Å². The van der Waals surface area contributed by atoms with Gasteiger partial charge in [0, 0.05) is 24.7 Å². The third kappa shape index (κ3) is 3.18. The summed E-state index contributed by atoms with van der Waals surface area (Å²) < 4.78 is 27.4. The Bertz CT molecular complexity index is 1160. The summed E-state index contributed by atoms with van der Waals surface area (Å²) in [5, 5.41) is 0.478. The molecule has 0 unspecified atom stereocenters. The Kier molecular flexibility index (Phi) is 4.67. The van der Waals surface area contributed by atoms with E-state index >= 15 is 0 Å². The Morgan fingerprint density at radius 2 is 1.64 bits per heavy atom. The molecule has 0 atom stereocenters. The maximum Gasteiger partial charge on any atom is 0.256 e. The van der Waals surface area contributed by atoms with Crippen LogP contribution >= 0.6 is 0 Å². The Balaban J connectivity index is 2.00. The van der Waals surface area contributed by atoms with Crippen LogP contribution in [0, 0.1) is 13.8 Å². The molecule has 2 heterocycles. The number of aromatic nitrogens is 1. The second-order valence-electron chi connectivity index (χ2n) is 7.34. The van der Waals surface area contributed by atoms with E-state index in [2.05, 4.69) is 4.98 Å². The number of carbonyl (C=O) groups is 1. The van der Waals surface area contributed by atoms with E-state index in [1.807, 2.05) is 26.0 Å². The maximum absolute atomic E-state index is 13.7. The van der Waals surface area contributed by atoms with Gasteiger partial charge in [-0.2, -0.15) is 0 Å². The number of benzene rings is 2. The van der Waals surface area contributed by atoms with E-state index in [0.717, 1.165) is 24.0 Å². The first kappa shape index (κ1) is 18.6. The van der Waals surface area contributed by atoms with Gasteiger partial charge in [-0.15, -0.1) is 0 Å². The lowest BCUT2D eigenvalue weighted by molar-refractivity contribution is 0.0789. The van der Waals surface area contributed by atoms with Crippen LogP contribution in [0.2, 0.25) is 0 Å². The summed E-state index contributed by atoms with van der Waals surface area (Å²) in [5.74, 6) is -0.265. The van der Waals surface area contributed by atoms with E-state index in [1.54, 1.807) is 35.2 Å². The summed E-state index contributed by atoms with van der Waals surface area (Å²) >= 11 is 0. The molecule has 144 valence electrons. The van der Waals surface area contributed by atoms with Gasteiger partial charge in [-0.3, -0.25) is 9.78 Å². The van der Waals surface area contributed by atoms with E-state index in [-0.39, 0.29) is 21.3 Å². The zero-order valence-electron chi connectivity index (χ0n) is 16.0. The largest absolute Gasteiger partial charge is 0.339 e. The second kappa shape index (κ2) is 7.02. The number of amides is 1. The number of aryl methyl sites for hydroxylation is 2. The van der Waals surface area contributed by atoms with E-state index in [1.165, 1.54) is 6.20 Å². The molecule has 5 nitrogen and oxygen atoms in total. The molecule has 1 saturated heterocycles. The lowest BCUT2D eigenvalue weighted by Crippen LogP contribution is -2.29. The molecule has 0 aliphatic carbocycles. The summed E-state index contributed by atoms with van der Waals surface area (Å²) in [5.41, 5.74) is 2.44. The van der Waals surface area contributed by atoms with Crippen LogP contribution in [-0.2, 0) is 9.84 Å².